The van der Waals surface area contributed by atoms with Gasteiger partial charge in [-0.2, -0.15) is 11.8 Å². The van der Waals surface area contributed by atoms with Crippen molar-refractivity contribution in [1.29, 1.82) is 0 Å². The molecule has 0 aliphatic heterocycles. The molecule has 6 nitrogen and oxygen atoms in total. The van der Waals surface area contributed by atoms with Crippen LogP contribution in [0.3, 0.4) is 0 Å². The average Bonchev–Trinajstić information content (AvgIpc) is 2.97. The molecule has 0 spiro atoms. The summed E-state index contributed by atoms with van der Waals surface area (Å²) in [6.07, 6.45) is 18.6. The van der Waals surface area contributed by atoms with E-state index in [0.717, 1.165) is 37.0 Å². The summed E-state index contributed by atoms with van der Waals surface area (Å²) in [6, 6.07) is 9.28. The van der Waals surface area contributed by atoms with Crippen LogP contribution in [0.1, 0.15) is 136 Å². The number of thioether (sulfide) groups is 1. The van der Waals surface area contributed by atoms with Crippen LogP contribution < -0.4 is 0 Å². The first-order chi connectivity index (χ1) is 19.9. The predicted molar refractivity (Wildman–Crippen MR) is 173 cm³/mol. The molecule has 0 saturated heterocycles. The smallest absolute Gasteiger partial charge is 0.368 e. The van der Waals surface area contributed by atoms with E-state index in [0.29, 0.717) is 6.42 Å². The third-order valence-electron chi connectivity index (χ3n) is 7.24. The molecule has 0 bridgehead atoms. The Morgan fingerprint density at radius 1 is 0.829 bits per heavy atom. The highest BCUT2D eigenvalue weighted by Crippen LogP contribution is 2.49. The fourth-order valence-electron chi connectivity index (χ4n) is 4.70. The van der Waals surface area contributed by atoms with Crippen LogP contribution in [0.15, 0.2) is 30.3 Å². The number of ether oxygens (including phenoxy) is 2. The van der Waals surface area contributed by atoms with Crippen molar-refractivity contribution in [2.45, 2.75) is 154 Å². The fraction of sp³-hybridized carbons (Fsp3) is 0.788. The Labute approximate surface area is 255 Å². The van der Waals surface area contributed by atoms with Crippen molar-refractivity contribution in [2.24, 2.45) is 0 Å². The number of rotatable bonds is 27. The van der Waals surface area contributed by atoms with Crippen molar-refractivity contribution in [3.63, 3.8) is 0 Å². The van der Waals surface area contributed by atoms with E-state index in [-0.39, 0.29) is 18.5 Å². The molecule has 41 heavy (non-hydrogen) atoms. The Morgan fingerprint density at radius 3 is 1.98 bits per heavy atom. The maximum atomic E-state index is 13.2. The summed E-state index contributed by atoms with van der Waals surface area (Å²) < 4.78 is 30.0. The quantitative estimate of drug-likeness (QED) is 0.0600. The maximum absolute atomic E-state index is 13.2. The van der Waals surface area contributed by atoms with Crippen LogP contribution >= 0.6 is 19.4 Å². The monoisotopic (exact) mass is 614 g/mol. The van der Waals surface area contributed by atoms with Gasteiger partial charge in [0.25, 0.3) is 5.85 Å². The van der Waals surface area contributed by atoms with E-state index in [1.165, 1.54) is 70.6 Å². The first-order valence-electron chi connectivity index (χ1n) is 16.3. The Kier molecular flexibility index (Phi) is 22.9. The molecule has 0 fully saturated rings. The SMILES string of the molecule is CCCCCCCCCCCSC(CCCCCCC)C(C)OC(C(=O)OCc1ccccc1)P(=O)(O)OCCC. The van der Waals surface area contributed by atoms with Crippen LogP contribution in [-0.2, 0) is 30.0 Å². The van der Waals surface area contributed by atoms with E-state index in [1.54, 1.807) is 0 Å². The molecule has 0 heterocycles. The third-order valence-corrected chi connectivity index (χ3v) is 10.3. The van der Waals surface area contributed by atoms with Gasteiger partial charge in [-0.15, -0.1) is 0 Å². The number of carbonyl (C=O) groups is 1. The zero-order chi connectivity index (χ0) is 30.2. The predicted octanol–water partition coefficient (Wildman–Crippen LogP) is 10.1. The summed E-state index contributed by atoms with van der Waals surface area (Å²) in [6.45, 7) is 8.31. The van der Waals surface area contributed by atoms with E-state index in [4.69, 9.17) is 14.0 Å². The molecule has 238 valence electrons. The lowest BCUT2D eigenvalue weighted by Crippen LogP contribution is -2.35. The summed E-state index contributed by atoms with van der Waals surface area (Å²) in [7, 11) is -4.39. The van der Waals surface area contributed by atoms with Crippen molar-refractivity contribution in [3.05, 3.63) is 35.9 Å². The lowest BCUT2D eigenvalue weighted by atomic mass is 10.1. The lowest BCUT2D eigenvalue weighted by molar-refractivity contribution is -0.156. The number of hydrogen-bond donors (Lipinski definition) is 1. The second-order valence-corrected chi connectivity index (χ2v) is 14.3. The summed E-state index contributed by atoms with van der Waals surface area (Å²) in [5, 5.41) is 0.126. The number of unbranched alkanes of at least 4 members (excludes halogenated alkanes) is 12. The highest BCUT2D eigenvalue weighted by molar-refractivity contribution is 7.99. The summed E-state index contributed by atoms with van der Waals surface area (Å²) in [4.78, 5) is 23.8. The highest BCUT2D eigenvalue weighted by Gasteiger charge is 2.43. The van der Waals surface area contributed by atoms with Gasteiger partial charge >= 0.3 is 13.6 Å². The summed E-state index contributed by atoms with van der Waals surface area (Å²) >= 11 is 1.87. The molecule has 0 saturated carbocycles. The van der Waals surface area contributed by atoms with Crippen LogP contribution in [-0.4, -0.2) is 40.4 Å². The van der Waals surface area contributed by atoms with Crippen LogP contribution in [0.2, 0.25) is 0 Å². The molecule has 0 aromatic heterocycles. The molecule has 0 aliphatic rings. The second-order valence-electron chi connectivity index (χ2n) is 11.1. The zero-order valence-corrected chi connectivity index (χ0v) is 28.1. The van der Waals surface area contributed by atoms with Gasteiger partial charge in [0.2, 0.25) is 0 Å². The van der Waals surface area contributed by atoms with Crippen molar-refractivity contribution in [1.82, 2.24) is 0 Å². The van der Waals surface area contributed by atoms with Crippen molar-refractivity contribution < 1.29 is 28.3 Å². The largest absolute Gasteiger partial charge is 0.458 e. The Bertz CT molecular complexity index is 808. The van der Waals surface area contributed by atoms with Gasteiger partial charge in [0.15, 0.2) is 0 Å². The van der Waals surface area contributed by atoms with Gasteiger partial charge in [-0.3, -0.25) is 4.57 Å². The Morgan fingerprint density at radius 2 is 1.39 bits per heavy atom. The van der Waals surface area contributed by atoms with E-state index in [2.05, 4.69) is 13.8 Å². The summed E-state index contributed by atoms with van der Waals surface area (Å²) in [5.74, 6) is -1.49. The highest BCUT2D eigenvalue weighted by atomic mass is 32.2. The number of esters is 1. The molecule has 0 aliphatic carbocycles. The van der Waals surface area contributed by atoms with E-state index < -0.39 is 25.5 Å². The van der Waals surface area contributed by atoms with Gasteiger partial charge in [0.1, 0.15) is 6.61 Å². The molecule has 1 rings (SSSR count). The van der Waals surface area contributed by atoms with Gasteiger partial charge in [-0.1, -0.05) is 135 Å². The van der Waals surface area contributed by atoms with Crippen LogP contribution in [0.4, 0.5) is 0 Å². The van der Waals surface area contributed by atoms with Crippen molar-refractivity contribution in [3.8, 4) is 0 Å². The molecular formula is C33H59O6PS. The van der Waals surface area contributed by atoms with Crippen molar-refractivity contribution >= 4 is 25.3 Å². The molecule has 0 radical (unpaired) electrons. The molecule has 4 atom stereocenters. The molecule has 4 unspecified atom stereocenters. The van der Waals surface area contributed by atoms with Gasteiger partial charge in [0.05, 0.1) is 12.7 Å². The molecule has 1 aromatic carbocycles. The first kappa shape index (κ1) is 38.2. The second kappa shape index (κ2) is 24.6. The zero-order valence-electron chi connectivity index (χ0n) is 26.4. The standard InChI is InChI=1S/C33H59O6PS/c1-5-8-10-12-13-14-15-17-22-27-41-31(25-21-16-11-9-6-2)29(4)39-33(40(35,36)38-26-7-3)32(34)37-28-30-23-19-18-20-24-30/h18-20,23-24,29,31,33H,5-17,21-22,25-28H2,1-4H3,(H,35,36). The third kappa shape index (κ3) is 18.4. The normalized spacial score (nSPS) is 15.2. The maximum Gasteiger partial charge on any atom is 0.368 e. The molecular weight excluding hydrogens is 555 g/mol. The average molecular weight is 615 g/mol. The van der Waals surface area contributed by atoms with E-state index in [1.807, 2.05) is 55.9 Å². The first-order valence-corrected chi connectivity index (χ1v) is 19.0. The molecule has 1 N–H and O–H groups in total. The van der Waals surface area contributed by atoms with Gasteiger partial charge in [-0.05, 0) is 37.5 Å². The minimum Gasteiger partial charge on any atom is -0.458 e. The topological polar surface area (TPSA) is 82.1 Å². The molecule has 8 heteroatoms. The van der Waals surface area contributed by atoms with Crippen LogP contribution in [0, 0.1) is 0 Å². The Balaban J connectivity index is 2.76. The minimum absolute atomic E-state index is 0.00982. The van der Waals surface area contributed by atoms with Crippen molar-refractivity contribution in [2.75, 3.05) is 12.4 Å². The minimum atomic E-state index is -4.39. The number of hydrogen-bond acceptors (Lipinski definition) is 6. The van der Waals surface area contributed by atoms with Gasteiger partial charge in [0, 0.05) is 5.25 Å². The number of benzene rings is 1. The van der Waals surface area contributed by atoms with Gasteiger partial charge < -0.3 is 18.9 Å². The van der Waals surface area contributed by atoms with E-state index >= 15 is 0 Å². The fourth-order valence-corrected chi connectivity index (χ4v) is 7.30. The van der Waals surface area contributed by atoms with Gasteiger partial charge in [-0.25, -0.2) is 4.79 Å². The Hall–Kier alpha value is -0.850. The molecule has 0 amide bonds. The lowest BCUT2D eigenvalue weighted by Gasteiger charge is -2.29. The van der Waals surface area contributed by atoms with E-state index in [9.17, 15) is 14.3 Å². The van der Waals surface area contributed by atoms with Crippen LogP contribution in [0.25, 0.3) is 0 Å². The summed E-state index contributed by atoms with van der Waals surface area (Å²) in [5.41, 5.74) is 0.802. The number of carbonyl (C=O) groups excluding carboxylic acids is 1. The van der Waals surface area contributed by atoms with Crippen LogP contribution in [0.5, 0.6) is 0 Å². The molecule has 1 aromatic rings.